The third-order valence-corrected chi connectivity index (χ3v) is 4.24. The van der Waals surface area contributed by atoms with Crippen LogP contribution in [0.5, 0.6) is 0 Å². The van der Waals surface area contributed by atoms with Gasteiger partial charge in [-0.25, -0.2) is 4.39 Å². The predicted molar refractivity (Wildman–Crippen MR) is 78.3 cm³/mol. The average Bonchev–Trinajstić information content (AvgIpc) is 2.48. The van der Waals surface area contributed by atoms with E-state index in [0.29, 0.717) is 11.8 Å². The zero-order valence-corrected chi connectivity index (χ0v) is 11.6. The Labute approximate surface area is 119 Å². The Morgan fingerprint density at radius 2 is 2.15 bits per heavy atom. The minimum Gasteiger partial charge on any atom is -0.316 e. The van der Waals surface area contributed by atoms with Crippen molar-refractivity contribution < 1.29 is 4.39 Å². The van der Waals surface area contributed by atoms with Crippen LogP contribution in [0.25, 0.3) is 0 Å². The van der Waals surface area contributed by atoms with E-state index < -0.39 is 0 Å². The molecule has 1 aliphatic heterocycles. The van der Waals surface area contributed by atoms with E-state index in [2.05, 4.69) is 23.3 Å². The Morgan fingerprint density at radius 1 is 1.25 bits per heavy atom. The van der Waals surface area contributed by atoms with Crippen molar-refractivity contribution in [1.29, 1.82) is 0 Å². The van der Waals surface area contributed by atoms with Crippen molar-refractivity contribution >= 4 is 0 Å². The largest absolute Gasteiger partial charge is 0.316 e. The maximum atomic E-state index is 13.5. The molecule has 3 rings (SSSR count). The maximum Gasteiger partial charge on any atom is 0.123 e. The van der Waals surface area contributed by atoms with E-state index in [1.54, 1.807) is 12.1 Å². The Balaban J connectivity index is 1.98. The first kappa shape index (κ1) is 13.3. The Morgan fingerprint density at radius 3 is 2.95 bits per heavy atom. The molecule has 1 saturated heterocycles. The first-order valence-corrected chi connectivity index (χ1v) is 7.12. The third-order valence-electron chi connectivity index (χ3n) is 4.24. The van der Waals surface area contributed by atoms with E-state index in [1.807, 2.05) is 18.5 Å². The summed E-state index contributed by atoms with van der Waals surface area (Å²) in [6.45, 7) is 4.02. The van der Waals surface area contributed by atoms with Crippen molar-refractivity contribution in [1.82, 2.24) is 10.3 Å². The number of benzene rings is 1. The van der Waals surface area contributed by atoms with Crippen LogP contribution in [-0.4, -0.2) is 18.1 Å². The topological polar surface area (TPSA) is 24.9 Å². The van der Waals surface area contributed by atoms with Crippen LogP contribution >= 0.6 is 0 Å². The number of hydrogen-bond donors (Lipinski definition) is 1. The van der Waals surface area contributed by atoms with Crippen LogP contribution in [0.2, 0.25) is 0 Å². The molecule has 2 unspecified atom stereocenters. The molecule has 2 nitrogen and oxygen atoms in total. The van der Waals surface area contributed by atoms with E-state index in [1.165, 1.54) is 17.2 Å². The van der Waals surface area contributed by atoms with E-state index >= 15 is 0 Å². The van der Waals surface area contributed by atoms with Gasteiger partial charge in [-0.1, -0.05) is 12.1 Å². The van der Waals surface area contributed by atoms with Crippen LogP contribution in [0.3, 0.4) is 0 Å². The number of aromatic nitrogens is 1. The highest BCUT2D eigenvalue weighted by Crippen LogP contribution is 2.38. The first-order chi connectivity index (χ1) is 9.75. The first-order valence-electron chi connectivity index (χ1n) is 7.12. The second-order valence-corrected chi connectivity index (χ2v) is 5.49. The van der Waals surface area contributed by atoms with E-state index in [0.717, 1.165) is 25.1 Å². The molecule has 0 radical (unpaired) electrons. The molecule has 1 fully saturated rings. The molecule has 1 aliphatic rings. The van der Waals surface area contributed by atoms with Crippen LogP contribution in [0, 0.1) is 12.7 Å². The van der Waals surface area contributed by atoms with Crippen LogP contribution in [-0.2, 0) is 0 Å². The van der Waals surface area contributed by atoms with Gasteiger partial charge in [-0.3, -0.25) is 4.98 Å². The van der Waals surface area contributed by atoms with E-state index in [9.17, 15) is 4.39 Å². The van der Waals surface area contributed by atoms with Crippen molar-refractivity contribution in [3.8, 4) is 0 Å². The molecule has 2 atom stereocenters. The number of aryl methyl sites for hydroxylation is 1. The van der Waals surface area contributed by atoms with Crippen LogP contribution in [0.1, 0.15) is 34.9 Å². The summed E-state index contributed by atoms with van der Waals surface area (Å²) in [5, 5.41) is 3.43. The van der Waals surface area contributed by atoms with Crippen molar-refractivity contribution in [2.24, 2.45) is 0 Å². The average molecular weight is 270 g/mol. The summed E-state index contributed by atoms with van der Waals surface area (Å²) in [6, 6.07) is 9.05. The molecule has 1 N–H and O–H groups in total. The summed E-state index contributed by atoms with van der Waals surface area (Å²) in [5.74, 6) is 0.559. The lowest BCUT2D eigenvalue weighted by atomic mass is 9.77. The molecule has 0 bridgehead atoms. The summed E-state index contributed by atoms with van der Waals surface area (Å²) in [5.41, 5.74) is 3.64. The van der Waals surface area contributed by atoms with Crippen molar-refractivity contribution in [3.05, 3.63) is 65.2 Å². The lowest BCUT2D eigenvalue weighted by Crippen LogP contribution is -2.34. The Kier molecular flexibility index (Phi) is 3.79. The number of rotatable bonds is 2. The molecule has 20 heavy (non-hydrogen) atoms. The molecule has 0 amide bonds. The fraction of sp³-hybridized carbons (Fsp3) is 0.353. The molecule has 0 saturated carbocycles. The zero-order chi connectivity index (χ0) is 13.9. The van der Waals surface area contributed by atoms with Crippen LogP contribution in [0.15, 0.2) is 42.7 Å². The van der Waals surface area contributed by atoms with Gasteiger partial charge in [-0.05, 0) is 60.7 Å². The highest BCUT2D eigenvalue weighted by atomic mass is 19.1. The summed E-state index contributed by atoms with van der Waals surface area (Å²) in [6.07, 6.45) is 4.86. The van der Waals surface area contributed by atoms with Gasteiger partial charge in [0.15, 0.2) is 0 Å². The van der Waals surface area contributed by atoms with E-state index in [-0.39, 0.29) is 5.82 Å². The van der Waals surface area contributed by atoms with E-state index in [4.69, 9.17) is 0 Å². The number of hydrogen-bond acceptors (Lipinski definition) is 2. The standard InChI is InChI=1S/C17H19FN2/c1-12-5-7-19-10-16(12)15-6-8-20-11-17(15)13-3-2-4-14(18)9-13/h2-5,7,9-10,15,17,20H,6,8,11H2,1H3. The minimum atomic E-state index is -0.158. The van der Waals surface area contributed by atoms with Gasteiger partial charge in [0.25, 0.3) is 0 Å². The fourth-order valence-electron chi connectivity index (χ4n) is 3.18. The maximum absolute atomic E-state index is 13.5. The quantitative estimate of drug-likeness (QED) is 0.904. The molecule has 2 aromatic rings. The number of halogens is 1. The van der Waals surface area contributed by atoms with Crippen LogP contribution in [0.4, 0.5) is 4.39 Å². The highest BCUT2D eigenvalue weighted by Gasteiger charge is 2.28. The van der Waals surface area contributed by atoms with Crippen molar-refractivity contribution in [2.75, 3.05) is 13.1 Å². The number of nitrogens with zero attached hydrogens (tertiary/aromatic N) is 1. The van der Waals surface area contributed by atoms with Gasteiger partial charge in [-0.15, -0.1) is 0 Å². The summed E-state index contributed by atoms with van der Waals surface area (Å²) < 4.78 is 13.5. The molecular formula is C17H19FN2. The molecule has 2 heterocycles. The molecule has 104 valence electrons. The van der Waals surface area contributed by atoms with Gasteiger partial charge in [0, 0.05) is 24.9 Å². The molecule has 3 heteroatoms. The molecule has 0 aliphatic carbocycles. The second kappa shape index (κ2) is 5.71. The van der Waals surface area contributed by atoms with Gasteiger partial charge in [0.2, 0.25) is 0 Å². The predicted octanol–water partition coefficient (Wildman–Crippen LogP) is 3.39. The van der Waals surface area contributed by atoms with Gasteiger partial charge >= 0.3 is 0 Å². The van der Waals surface area contributed by atoms with Gasteiger partial charge in [0.1, 0.15) is 5.82 Å². The van der Waals surface area contributed by atoms with Gasteiger partial charge in [0.05, 0.1) is 0 Å². The Hall–Kier alpha value is -1.74. The fourth-order valence-corrected chi connectivity index (χ4v) is 3.18. The smallest absolute Gasteiger partial charge is 0.123 e. The SMILES string of the molecule is Cc1ccncc1C1CCNCC1c1cccc(F)c1. The normalized spacial score (nSPS) is 22.7. The van der Waals surface area contributed by atoms with Crippen molar-refractivity contribution in [3.63, 3.8) is 0 Å². The lowest BCUT2D eigenvalue weighted by Gasteiger charge is -2.33. The molecule has 1 aromatic heterocycles. The van der Waals surface area contributed by atoms with Crippen LogP contribution < -0.4 is 5.32 Å². The minimum absolute atomic E-state index is 0.158. The molecular weight excluding hydrogens is 251 g/mol. The number of piperidine rings is 1. The van der Waals surface area contributed by atoms with Gasteiger partial charge in [-0.2, -0.15) is 0 Å². The zero-order valence-electron chi connectivity index (χ0n) is 11.6. The lowest BCUT2D eigenvalue weighted by molar-refractivity contribution is 0.401. The van der Waals surface area contributed by atoms with Gasteiger partial charge < -0.3 is 5.32 Å². The molecule has 0 spiro atoms. The third kappa shape index (κ3) is 2.59. The number of pyridine rings is 1. The molecule has 1 aromatic carbocycles. The summed E-state index contributed by atoms with van der Waals surface area (Å²) in [4.78, 5) is 4.27. The highest BCUT2D eigenvalue weighted by molar-refractivity contribution is 5.33. The summed E-state index contributed by atoms with van der Waals surface area (Å²) >= 11 is 0. The Bertz CT molecular complexity index is 597. The van der Waals surface area contributed by atoms with Crippen molar-refractivity contribution in [2.45, 2.75) is 25.2 Å². The second-order valence-electron chi connectivity index (χ2n) is 5.49. The number of nitrogens with one attached hydrogen (secondary N) is 1. The summed E-state index contributed by atoms with van der Waals surface area (Å²) in [7, 11) is 0. The monoisotopic (exact) mass is 270 g/mol.